The van der Waals surface area contributed by atoms with E-state index in [-0.39, 0.29) is 5.82 Å². The van der Waals surface area contributed by atoms with Crippen LogP contribution in [0.25, 0.3) is 11.0 Å². The van der Waals surface area contributed by atoms with Crippen LogP contribution < -0.4 is 0 Å². The van der Waals surface area contributed by atoms with E-state index in [4.69, 9.17) is 11.6 Å². The Labute approximate surface area is 120 Å². The average Bonchev–Trinajstić information content (AvgIpc) is 2.99. The number of benzene rings is 1. The van der Waals surface area contributed by atoms with E-state index in [1.165, 1.54) is 12.1 Å². The summed E-state index contributed by atoms with van der Waals surface area (Å²) >= 11 is 5.93. The van der Waals surface area contributed by atoms with Crippen LogP contribution in [-0.4, -0.2) is 19.3 Å². The van der Waals surface area contributed by atoms with Crippen LogP contribution in [0.5, 0.6) is 0 Å². The van der Waals surface area contributed by atoms with Crippen molar-refractivity contribution in [1.82, 2.24) is 19.3 Å². The van der Waals surface area contributed by atoms with Crippen LogP contribution >= 0.6 is 11.6 Å². The Balaban J connectivity index is 1.94. The maximum atomic E-state index is 13.4. The van der Waals surface area contributed by atoms with E-state index in [1.54, 1.807) is 6.07 Å². The highest BCUT2D eigenvalue weighted by Gasteiger charge is 2.10. The third kappa shape index (κ3) is 2.41. The van der Waals surface area contributed by atoms with E-state index in [2.05, 4.69) is 10.1 Å². The lowest BCUT2D eigenvalue weighted by molar-refractivity contribution is 0.532. The Morgan fingerprint density at radius 1 is 1.30 bits per heavy atom. The average molecular weight is 293 g/mol. The molecule has 0 radical (unpaired) electrons. The summed E-state index contributed by atoms with van der Waals surface area (Å²) in [6, 6.07) is 4.58. The van der Waals surface area contributed by atoms with E-state index in [9.17, 15) is 4.39 Å². The highest BCUT2D eigenvalue weighted by Crippen LogP contribution is 2.19. The Kier molecular flexibility index (Phi) is 3.44. The van der Waals surface area contributed by atoms with Gasteiger partial charge in [-0.05, 0) is 30.7 Å². The number of alkyl halides is 1. The van der Waals surface area contributed by atoms with Gasteiger partial charge in [0.25, 0.3) is 0 Å². The molecule has 3 aromatic rings. The standard InChI is InChI=1S/C14H14ClFN4/c1-10-8-17-19(9-10)4-5-20-13-6-11(16)2-3-12(13)18-14(20)7-15/h2-3,6,8-9H,4-5,7H2,1H3. The predicted octanol–water partition coefficient (Wildman–Crippen LogP) is 3.12. The van der Waals surface area contributed by atoms with Gasteiger partial charge in [-0.25, -0.2) is 9.37 Å². The first-order valence-electron chi connectivity index (χ1n) is 6.37. The van der Waals surface area contributed by atoms with Crippen molar-refractivity contribution in [3.8, 4) is 0 Å². The molecule has 0 bridgehead atoms. The zero-order valence-corrected chi connectivity index (χ0v) is 11.8. The first kappa shape index (κ1) is 13.1. The molecule has 0 spiro atoms. The lowest BCUT2D eigenvalue weighted by atomic mass is 10.3. The molecule has 6 heteroatoms. The van der Waals surface area contributed by atoms with E-state index in [0.29, 0.717) is 19.0 Å². The van der Waals surface area contributed by atoms with Crippen molar-refractivity contribution in [3.05, 3.63) is 47.8 Å². The molecule has 0 saturated heterocycles. The van der Waals surface area contributed by atoms with Crippen molar-refractivity contribution in [3.63, 3.8) is 0 Å². The predicted molar refractivity (Wildman–Crippen MR) is 76.2 cm³/mol. The molecule has 0 atom stereocenters. The Bertz CT molecular complexity index is 747. The van der Waals surface area contributed by atoms with Crippen LogP contribution in [0, 0.1) is 12.7 Å². The van der Waals surface area contributed by atoms with Gasteiger partial charge in [-0.15, -0.1) is 11.6 Å². The molecule has 1 aromatic carbocycles. The molecular formula is C14H14ClFN4. The number of hydrogen-bond donors (Lipinski definition) is 0. The minimum absolute atomic E-state index is 0.269. The molecule has 0 saturated carbocycles. The normalized spacial score (nSPS) is 11.3. The van der Waals surface area contributed by atoms with E-state index in [0.717, 1.165) is 22.4 Å². The van der Waals surface area contributed by atoms with Gasteiger partial charge in [0.15, 0.2) is 0 Å². The smallest absolute Gasteiger partial charge is 0.125 e. The van der Waals surface area contributed by atoms with Crippen molar-refractivity contribution in [2.45, 2.75) is 25.9 Å². The molecule has 0 N–H and O–H groups in total. The van der Waals surface area contributed by atoms with Gasteiger partial charge in [-0.3, -0.25) is 4.68 Å². The molecule has 0 amide bonds. The Hall–Kier alpha value is -1.88. The number of halogens is 2. The van der Waals surface area contributed by atoms with Crippen molar-refractivity contribution in [2.75, 3.05) is 0 Å². The van der Waals surface area contributed by atoms with Gasteiger partial charge in [0.05, 0.1) is 29.7 Å². The molecule has 4 nitrogen and oxygen atoms in total. The molecule has 0 aliphatic carbocycles. The fourth-order valence-electron chi connectivity index (χ4n) is 2.29. The third-order valence-corrected chi connectivity index (χ3v) is 3.46. The highest BCUT2D eigenvalue weighted by molar-refractivity contribution is 6.16. The molecular weight excluding hydrogens is 279 g/mol. The Morgan fingerprint density at radius 3 is 2.85 bits per heavy atom. The summed E-state index contributed by atoms with van der Waals surface area (Å²) in [5.41, 5.74) is 2.65. The minimum atomic E-state index is -0.269. The van der Waals surface area contributed by atoms with Crippen molar-refractivity contribution >= 4 is 22.6 Å². The molecule has 0 unspecified atom stereocenters. The van der Waals surface area contributed by atoms with Gasteiger partial charge in [-0.2, -0.15) is 5.10 Å². The van der Waals surface area contributed by atoms with Crippen molar-refractivity contribution < 1.29 is 4.39 Å². The molecule has 2 heterocycles. The molecule has 0 fully saturated rings. The van der Waals surface area contributed by atoms with Crippen molar-refractivity contribution in [1.29, 1.82) is 0 Å². The summed E-state index contributed by atoms with van der Waals surface area (Å²) in [7, 11) is 0. The van der Waals surface area contributed by atoms with Crippen LogP contribution in [0.4, 0.5) is 4.39 Å². The van der Waals surface area contributed by atoms with E-state index in [1.807, 2.05) is 28.6 Å². The zero-order chi connectivity index (χ0) is 14.1. The number of rotatable bonds is 4. The number of aromatic nitrogens is 4. The lowest BCUT2D eigenvalue weighted by Crippen LogP contribution is -2.10. The molecule has 0 aliphatic heterocycles. The third-order valence-electron chi connectivity index (χ3n) is 3.22. The summed E-state index contributed by atoms with van der Waals surface area (Å²) in [5, 5.41) is 4.24. The van der Waals surface area contributed by atoms with Gasteiger partial charge in [0.1, 0.15) is 11.6 Å². The monoisotopic (exact) mass is 292 g/mol. The van der Waals surface area contributed by atoms with Gasteiger partial charge in [-0.1, -0.05) is 0 Å². The summed E-state index contributed by atoms with van der Waals surface area (Å²) in [5.74, 6) is 0.778. The first-order chi connectivity index (χ1) is 9.67. The van der Waals surface area contributed by atoms with E-state index >= 15 is 0 Å². The van der Waals surface area contributed by atoms with Crippen LogP contribution in [0.2, 0.25) is 0 Å². The minimum Gasteiger partial charge on any atom is -0.325 e. The summed E-state index contributed by atoms with van der Waals surface area (Å²) in [6.07, 6.45) is 3.79. The number of hydrogen-bond acceptors (Lipinski definition) is 2. The maximum Gasteiger partial charge on any atom is 0.125 e. The van der Waals surface area contributed by atoms with Crippen LogP contribution in [0.1, 0.15) is 11.4 Å². The molecule has 104 valence electrons. The quantitative estimate of drug-likeness (QED) is 0.693. The van der Waals surface area contributed by atoms with E-state index < -0.39 is 0 Å². The molecule has 3 rings (SSSR count). The highest BCUT2D eigenvalue weighted by atomic mass is 35.5. The van der Waals surface area contributed by atoms with Gasteiger partial charge < -0.3 is 4.57 Å². The van der Waals surface area contributed by atoms with Gasteiger partial charge in [0.2, 0.25) is 0 Å². The topological polar surface area (TPSA) is 35.6 Å². The maximum absolute atomic E-state index is 13.4. The second-order valence-electron chi connectivity index (χ2n) is 4.73. The number of aryl methyl sites for hydroxylation is 3. The fraction of sp³-hybridized carbons (Fsp3) is 0.286. The fourth-order valence-corrected chi connectivity index (χ4v) is 2.49. The van der Waals surface area contributed by atoms with Crippen molar-refractivity contribution in [2.24, 2.45) is 0 Å². The summed E-state index contributed by atoms with van der Waals surface area (Å²) in [4.78, 5) is 4.42. The largest absolute Gasteiger partial charge is 0.325 e. The second kappa shape index (κ2) is 5.25. The molecule has 0 aliphatic rings. The summed E-state index contributed by atoms with van der Waals surface area (Å²) in [6.45, 7) is 3.35. The number of fused-ring (bicyclic) bond motifs is 1. The first-order valence-corrected chi connectivity index (χ1v) is 6.90. The second-order valence-corrected chi connectivity index (χ2v) is 4.99. The zero-order valence-electron chi connectivity index (χ0n) is 11.1. The molecule has 20 heavy (non-hydrogen) atoms. The summed E-state index contributed by atoms with van der Waals surface area (Å²) < 4.78 is 17.2. The molecule has 2 aromatic heterocycles. The van der Waals surface area contributed by atoms with Crippen LogP contribution in [0.15, 0.2) is 30.6 Å². The lowest BCUT2D eigenvalue weighted by Gasteiger charge is -2.08. The van der Waals surface area contributed by atoms with Crippen LogP contribution in [0.3, 0.4) is 0 Å². The number of imidazole rings is 1. The van der Waals surface area contributed by atoms with Gasteiger partial charge in [0, 0.05) is 12.7 Å². The number of nitrogens with zero attached hydrogens (tertiary/aromatic N) is 4. The van der Waals surface area contributed by atoms with Gasteiger partial charge >= 0.3 is 0 Å². The van der Waals surface area contributed by atoms with Crippen LogP contribution in [-0.2, 0) is 19.0 Å². The SMILES string of the molecule is Cc1cnn(CCn2c(CCl)nc3ccc(F)cc32)c1. The Morgan fingerprint density at radius 2 is 2.15 bits per heavy atom.